The number of hydrogen-bond donors (Lipinski definition) is 1. The lowest BCUT2D eigenvalue weighted by molar-refractivity contribution is 0.274. The first-order chi connectivity index (χ1) is 15.4. The lowest BCUT2D eigenvalue weighted by Crippen LogP contribution is -2.40. The second-order valence-electron chi connectivity index (χ2n) is 8.48. The van der Waals surface area contributed by atoms with Crippen molar-refractivity contribution in [1.29, 1.82) is 0 Å². The Balaban J connectivity index is 1.45. The summed E-state index contributed by atoms with van der Waals surface area (Å²) < 4.78 is 30.5. The van der Waals surface area contributed by atoms with Gasteiger partial charge in [-0.25, -0.2) is 13.2 Å². The third-order valence-electron chi connectivity index (χ3n) is 6.37. The number of aromatic nitrogens is 2. The number of piperidine rings is 1. The maximum Gasteiger partial charge on any atom is 0.326 e. The van der Waals surface area contributed by atoms with Crippen LogP contribution in [-0.2, 0) is 10.0 Å². The Morgan fingerprint density at radius 1 is 0.906 bits per heavy atom. The van der Waals surface area contributed by atoms with Crippen LogP contribution in [-0.4, -0.2) is 49.5 Å². The van der Waals surface area contributed by atoms with Gasteiger partial charge in [0, 0.05) is 49.7 Å². The summed E-state index contributed by atoms with van der Waals surface area (Å²) in [5, 5.41) is 1.65. The highest BCUT2D eigenvalue weighted by Crippen LogP contribution is 2.34. The molecule has 8 heteroatoms. The minimum absolute atomic E-state index is 0.0297. The van der Waals surface area contributed by atoms with Crippen molar-refractivity contribution in [3.05, 3.63) is 71.1 Å². The van der Waals surface area contributed by atoms with Crippen molar-refractivity contribution in [1.82, 2.24) is 13.9 Å². The van der Waals surface area contributed by atoms with E-state index in [1.54, 1.807) is 21.0 Å². The third-order valence-corrected chi connectivity index (χ3v) is 8.33. The van der Waals surface area contributed by atoms with Crippen LogP contribution in [0.15, 0.2) is 70.4 Å². The second kappa shape index (κ2) is 7.79. The average molecular weight is 451 g/mol. The topological polar surface area (TPSA) is 78.4 Å². The van der Waals surface area contributed by atoms with Crippen LogP contribution < -0.4 is 10.6 Å². The van der Waals surface area contributed by atoms with E-state index in [1.807, 2.05) is 67.5 Å². The highest BCUT2D eigenvalue weighted by atomic mass is 32.2. The average Bonchev–Trinajstić information content (AvgIpc) is 3.13. The fourth-order valence-electron chi connectivity index (χ4n) is 4.80. The number of nitrogens with one attached hydrogen (secondary N) is 1. The predicted octanol–water partition coefficient (Wildman–Crippen LogP) is 3.57. The van der Waals surface area contributed by atoms with E-state index in [2.05, 4.69) is 4.98 Å². The first-order valence-electron chi connectivity index (χ1n) is 10.8. The fraction of sp³-hybridized carbons (Fsp3) is 0.292. The van der Waals surface area contributed by atoms with Crippen LogP contribution in [0.4, 0.5) is 5.69 Å². The van der Waals surface area contributed by atoms with Crippen LogP contribution >= 0.6 is 0 Å². The van der Waals surface area contributed by atoms with Crippen LogP contribution in [0.25, 0.3) is 21.8 Å². The van der Waals surface area contributed by atoms with Gasteiger partial charge in [0.05, 0.1) is 15.9 Å². The molecule has 1 N–H and O–H groups in total. The molecule has 0 unspecified atom stereocenters. The zero-order valence-electron chi connectivity index (χ0n) is 18.2. The normalized spacial score (nSPS) is 16.1. The Morgan fingerprint density at radius 2 is 1.59 bits per heavy atom. The molecule has 166 valence electrons. The molecule has 32 heavy (non-hydrogen) atoms. The van der Waals surface area contributed by atoms with E-state index in [0.29, 0.717) is 30.8 Å². The maximum atomic E-state index is 13.6. The van der Waals surface area contributed by atoms with Gasteiger partial charge in [0.15, 0.2) is 0 Å². The summed E-state index contributed by atoms with van der Waals surface area (Å²) in [4.78, 5) is 17.8. The standard InChI is InChI=1S/C24H26N4O3S/c1-26(2)21-11-5-8-19-18(21)7-6-12-23(19)32(30,31)27-15-13-17(14-16-27)28-22-10-4-3-9-20(22)25-24(28)29/h3-12,17H,13-16H2,1-2H3,(H,25,29). The monoisotopic (exact) mass is 450 g/mol. The van der Waals surface area contributed by atoms with Gasteiger partial charge in [-0.05, 0) is 37.1 Å². The largest absolute Gasteiger partial charge is 0.377 e. The van der Waals surface area contributed by atoms with Gasteiger partial charge in [0.1, 0.15) is 0 Å². The zero-order chi connectivity index (χ0) is 22.5. The molecule has 0 aliphatic carbocycles. The van der Waals surface area contributed by atoms with Gasteiger partial charge in [0.2, 0.25) is 10.0 Å². The first kappa shape index (κ1) is 20.8. The summed E-state index contributed by atoms with van der Waals surface area (Å²) in [5.74, 6) is 0. The predicted molar refractivity (Wildman–Crippen MR) is 128 cm³/mol. The van der Waals surface area contributed by atoms with Gasteiger partial charge in [-0.2, -0.15) is 4.31 Å². The number of benzene rings is 3. The van der Waals surface area contributed by atoms with Crippen LogP contribution in [0, 0.1) is 0 Å². The molecule has 0 bridgehead atoms. The number of rotatable bonds is 4. The van der Waals surface area contributed by atoms with E-state index in [9.17, 15) is 13.2 Å². The number of fused-ring (bicyclic) bond motifs is 2. The Hall–Kier alpha value is -3.10. The quantitative estimate of drug-likeness (QED) is 0.516. The number of sulfonamides is 1. The molecule has 1 aliphatic heterocycles. The Labute approximate surface area is 186 Å². The summed E-state index contributed by atoms with van der Waals surface area (Å²) in [6.45, 7) is 0.755. The van der Waals surface area contributed by atoms with Crippen molar-refractivity contribution in [2.75, 3.05) is 32.1 Å². The van der Waals surface area contributed by atoms with Crippen molar-refractivity contribution < 1.29 is 8.42 Å². The third kappa shape index (κ3) is 3.30. The summed E-state index contributed by atoms with van der Waals surface area (Å²) >= 11 is 0. The Kier molecular flexibility index (Phi) is 5.06. The van der Waals surface area contributed by atoms with E-state index in [-0.39, 0.29) is 11.7 Å². The van der Waals surface area contributed by atoms with Crippen LogP contribution in [0.1, 0.15) is 18.9 Å². The molecule has 7 nitrogen and oxygen atoms in total. The smallest absolute Gasteiger partial charge is 0.326 e. The van der Waals surface area contributed by atoms with Gasteiger partial charge < -0.3 is 9.88 Å². The Morgan fingerprint density at radius 3 is 2.34 bits per heavy atom. The molecule has 0 spiro atoms. The molecule has 1 fully saturated rings. The van der Waals surface area contributed by atoms with E-state index >= 15 is 0 Å². The molecule has 0 saturated carbocycles. The SMILES string of the molecule is CN(C)c1cccc2c(S(=O)(=O)N3CCC(n4c(=O)[nH]c5ccccc54)CC3)cccc12. The van der Waals surface area contributed by atoms with E-state index in [0.717, 1.165) is 27.5 Å². The summed E-state index contributed by atoms with van der Waals surface area (Å²) in [7, 11) is 0.247. The van der Waals surface area contributed by atoms with E-state index < -0.39 is 10.0 Å². The number of hydrogen-bond acceptors (Lipinski definition) is 4. The van der Waals surface area contributed by atoms with E-state index in [1.165, 1.54) is 0 Å². The number of para-hydroxylation sites is 2. The van der Waals surface area contributed by atoms with Crippen molar-refractivity contribution >= 4 is 37.5 Å². The molecular formula is C24H26N4O3S. The summed E-state index contributed by atoms with van der Waals surface area (Å²) in [6, 6.07) is 18.8. The summed E-state index contributed by atoms with van der Waals surface area (Å²) in [5.41, 5.74) is 2.51. The fourth-order valence-corrected chi connectivity index (χ4v) is 6.47. The minimum Gasteiger partial charge on any atom is -0.377 e. The molecule has 2 heterocycles. The molecule has 3 aromatic carbocycles. The Bertz CT molecular complexity index is 1460. The van der Waals surface area contributed by atoms with Crippen molar-refractivity contribution in [3.8, 4) is 0 Å². The van der Waals surface area contributed by atoms with Gasteiger partial charge in [-0.1, -0.05) is 36.4 Å². The molecule has 1 aromatic heterocycles. The van der Waals surface area contributed by atoms with Gasteiger partial charge in [-0.3, -0.25) is 4.57 Å². The molecule has 0 radical (unpaired) electrons. The molecular weight excluding hydrogens is 424 g/mol. The van der Waals surface area contributed by atoms with Gasteiger partial charge in [0.25, 0.3) is 0 Å². The minimum atomic E-state index is -3.66. The lowest BCUT2D eigenvalue weighted by Gasteiger charge is -2.32. The molecule has 0 amide bonds. The van der Waals surface area contributed by atoms with Crippen LogP contribution in [0.5, 0.6) is 0 Å². The highest BCUT2D eigenvalue weighted by molar-refractivity contribution is 7.89. The molecule has 0 atom stereocenters. The van der Waals surface area contributed by atoms with Crippen molar-refractivity contribution in [2.45, 2.75) is 23.8 Å². The number of imidazole rings is 1. The molecule has 1 aliphatic rings. The number of aromatic amines is 1. The number of nitrogens with zero attached hydrogens (tertiary/aromatic N) is 3. The lowest BCUT2D eigenvalue weighted by atomic mass is 10.1. The highest BCUT2D eigenvalue weighted by Gasteiger charge is 2.32. The van der Waals surface area contributed by atoms with Crippen molar-refractivity contribution in [2.24, 2.45) is 0 Å². The summed E-state index contributed by atoms with van der Waals surface area (Å²) in [6.07, 6.45) is 1.18. The molecule has 1 saturated heterocycles. The first-order valence-corrected chi connectivity index (χ1v) is 12.2. The van der Waals surface area contributed by atoms with Gasteiger partial charge in [-0.15, -0.1) is 0 Å². The molecule has 5 rings (SSSR count). The van der Waals surface area contributed by atoms with Crippen LogP contribution in [0.2, 0.25) is 0 Å². The molecule has 4 aromatic rings. The van der Waals surface area contributed by atoms with Crippen molar-refractivity contribution in [3.63, 3.8) is 0 Å². The number of anilines is 1. The van der Waals surface area contributed by atoms with E-state index in [4.69, 9.17) is 0 Å². The zero-order valence-corrected chi connectivity index (χ0v) is 19.0. The van der Waals surface area contributed by atoms with Crippen LogP contribution in [0.3, 0.4) is 0 Å². The second-order valence-corrected chi connectivity index (χ2v) is 10.4. The number of H-pyrrole nitrogens is 1. The maximum absolute atomic E-state index is 13.6. The van der Waals surface area contributed by atoms with Gasteiger partial charge >= 0.3 is 5.69 Å².